The Kier molecular flexibility index (Phi) is 4.35. The van der Waals surface area contributed by atoms with Gasteiger partial charge < -0.3 is 5.32 Å². The topological polar surface area (TPSA) is 12.0 Å². The van der Waals surface area contributed by atoms with E-state index in [0.717, 1.165) is 12.6 Å². The highest BCUT2D eigenvalue weighted by Gasteiger charge is 2.11. The molecule has 0 spiro atoms. The maximum absolute atomic E-state index is 3.65. The van der Waals surface area contributed by atoms with Gasteiger partial charge in [0.15, 0.2) is 0 Å². The molecule has 0 saturated carbocycles. The van der Waals surface area contributed by atoms with Crippen molar-refractivity contribution in [1.29, 1.82) is 0 Å². The second kappa shape index (κ2) is 5.79. The molecule has 1 aliphatic heterocycles. The van der Waals surface area contributed by atoms with Crippen molar-refractivity contribution < 1.29 is 0 Å². The van der Waals surface area contributed by atoms with Gasteiger partial charge in [0.2, 0.25) is 0 Å². The summed E-state index contributed by atoms with van der Waals surface area (Å²) in [4.78, 5) is 0. The monoisotopic (exact) mass is 227 g/mol. The van der Waals surface area contributed by atoms with Crippen molar-refractivity contribution >= 4 is 23.1 Å². The highest BCUT2D eigenvalue weighted by atomic mass is 32.2. The van der Waals surface area contributed by atoms with Crippen LogP contribution in [-0.2, 0) is 6.42 Å². The summed E-state index contributed by atoms with van der Waals surface area (Å²) in [5.41, 5.74) is 1.48. The first-order valence-corrected chi connectivity index (χ1v) is 7.37. The van der Waals surface area contributed by atoms with Crippen molar-refractivity contribution in [2.75, 3.05) is 18.1 Å². The van der Waals surface area contributed by atoms with Gasteiger partial charge in [0, 0.05) is 6.04 Å². The summed E-state index contributed by atoms with van der Waals surface area (Å²) in [7, 11) is 0. The molecule has 1 saturated heterocycles. The number of hydrogen-bond acceptors (Lipinski definition) is 3. The Bertz CT molecular complexity index is 240. The molecule has 0 bridgehead atoms. The SMILES string of the molecule is c1cc(CCNC2CCSCC2)cs1. The zero-order chi connectivity index (χ0) is 9.64. The van der Waals surface area contributed by atoms with Crippen molar-refractivity contribution in [2.24, 2.45) is 0 Å². The molecule has 0 radical (unpaired) electrons. The fourth-order valence-electron chi connectivity index (χ4n) is 1.76. The molecular weight excluding hydrogens is 210 g/mol. The van der Waals surface area contributed by atoms with Crippen LogP contribution < -0.4 is 5.32 Å². The van der Waals surface area contributed by atoms with Crippen LogP contribution in [0, 0.1) is 0 Å². The Morgan fingerprint density at radius 3 is 2.93 bits per heavy atom. The van der Waals surface area contributed by atoms with Crippen LogP contribution in [0.1, 0.15) is 18.4 Å². The van der Waals surface area contributed by atoms with Crippen molar-refractivity contribution in [3.63, 3.8) is 0 Å². The Hall–Kier alpha value is 0.01000. The molecule has 1 nitrogen and oxygen atoms in total. The van der Waals surface area contributed by atoms with Gasteiger partial charge in [-0.2, -0.15) is 23.1 Å². The molecule has 14 heavy (non-hydrogen) atoms. The van der Waals surface area contributed by atoms with E-state index in [9.17, 15) is 0 Å². The minimum absolute atomic E-state index is 0.787. The lowest BCUT2D eigenvalue weighted by Crippen LogP contribution is -2.33. The van der Waals surface area contributed by atoms with E-state index in [2.05, 4.69) is 33.9 Å². The molecular formula is C11H17NS2. The number of nitrogens with one attached hydrogen (secondary N) is 1. The van der Waals surface area contributed by atoms with Crippen molar-refractivity contribution in [3.8, 4) is 0 Å². The summed E-state index contributed by atoms with van der Waals surface area (Å²) in [6.07, 6.45) is 3.90. The standard InChI is InChI=1S/C11H17NS2/c1(10-2-6-14-9-10)5-12-11-3-7-13-8-4-11/h2,6,9,11-12H,1,3-5,7-8H2. The molecule has 1 aromatic rings. The Labute approximate surface area is 94.3 Å². The fraction of sp³-hybridized carbons (Fsp3) is 0.636. The molecule has 0 aromatic carbocycles. The maximum atomic E-state index is 3.65. The van der Waals surface area contributed by atoms with E-state index in [0.29, 0.717) is 0 Å². The number of thioether (sulfide) groups is 1. The highest BCUT2D eigenvalue weighted by molar-refractivity contribution is 7.99. The molecule has 2 heterocycles. The Balaban J connectivity index is 1.62. The van der Waals surface area contributed by atoms with E-state index in [1.54, 1.807) is 11.3 Å². The minimum atomic E-state index is 0.787. The zero-order valence-corrected chi connectivity index (χ0v) is 10.0. The Morgan fingerprint density at radius 2 is 2.21 bits per heavy atom. The van der Waals surface area contributed by atoms with E-state index in [1.165, 1.54) is 36.3 Å². The first kappa shape index (κ1) is 10.5. The van der Waals surface area contributed by atoms with Crippen LogP contribution in [0.4, 0.5) is 0 Å². The maximum Gasteiger partial charge on any atom is 0.00829 e. The molecule has 1 fully saturated rings. The molecule has 0 unspecified atom stereocenters. The first-order chi connectivity index (χ1) is 6.95. The van der Waals surface area contributed by atoms with E-state index >= 15 is 0 Å². The molecule has 1 aromatic heterocycles. The second-order valence-corrected chi connectivity index (χ2v) is 5.73. The van der Waals surface area contributed by atoms with Gasteiger partial charge in [0.1, 0.15) is 0 Å². The third-order valence-electron chi connectivity index (χ3n) is 2.65. The van der Waals surface area contributed by atoms with Crippen LogP contribution in [-0.4, -0.2) is 24.1 Å². The molecule has 2 rings (SSSR count). The average molecular weight is 227 g/mol. The molecule has 78 valence electrons. The quantitative estimate of drug-likeness (QED) is 0.849. The van der Waals surface area contributed by atoms with Crippen molar-refractivity contribution in [1.82, 2.24) is 5.32 Å². The lowest BCUT2D eigenvalue weighted by Gasteiger charge is -2.22. The molecule has 1 N–H and O–H groups in total. The largest absolute Gasteiger partial charge is 0.314 e. The van der Waals surface area contributed by atoms with Crippen LogP contribution in [0.5, 0.6) is 0 Å². The Morgan fingerprint density at radius 1 is 1.36 bits per heavy atom. The predicted molar refractivity (Wildman–Crippen MR) is 66.4 cm³/mol. The van der Waals surface area contributed by atoms with Crippen molar-refractivity contribution in [3.05, 3.63) is 22.4 Å². The second-order valence-electron chi connectivity index (χ2n) is 3.72. The predicted octanol–water partition coefficient (Wildman–Crippen LogP) is 2.78. The van der Waals surface area contributed by atoms with Crippen LogP contribution in [0.2, 0.25) is 0 Å². The first-order valence-electron chi connectivity index (χ1n) is 5.27. The summed E-state index contributed by atoms with van der Waals surface area (Å²) in [6.45, 7) is 1.14. The number of thiophene rings is 1. The van der Waals surface area contributed by atoms with Gasteiger partial charge in [-0.3, -0.25) is 0 Å². The molecule has 1 aliphatic rings. The van der Waals surface area contributed by atoms with E-state index in [1.807, 2.05) is 0 Å². The lowest BCUT2D eigenvalue weighted by atomic mass is 10.1. The summed E-state index contributed by atoms with van der Waals surface area (Å²) < 4.78 is 0. The molecule has 0 atom stereocenters. The molecule has 0 aliphatic carbocycles. The van der Waals surface area contributed by atoms with Gasteiger partial charge in [-0.15, -0.1) is 0 Å². The summed E-state index contributed by atoms with van der Waals surface area (Å²) >= 11 is 3.89. The summed E-state index contributed by atoms with van der Waals surface area (Å²) in [5, 5.41) is 8.06. The van der Waals surface area contributed by atoms with Crippen molar-refractivity contribution in [2.45, 2.75) is 25.3 Å². The van der Waals surface area contributed by atoms with Crippen LogP contribution >= 0.6 is 23.1 Å². The van der Waals surface area contributed by atoms with E-state index in [4.69, 9.17) is 0 Å². The zero-order valence-electron chi connectivity index (χ0n) is 8.37. The summed E-state index contributed by atoms with van der Waals surface area (Å²) in [5.74, 6) is 2.69. The normalized spacial score (nSPS) is 18.6. The lowest BCUT2D eigenvalue weighted by molar-refractivity contribution is 0.486. The van der Waals surface area contributed by atoms with E-state index < -0.39 is 0 Å². The van der Waals surface area contributed by atoms with E-state index in [-0.39, 0.29) is 0 Å². The number of hydrogen-bond donors (Lipinski definition) is 1. The highest BCUT2D eigenvalue weighted by Crippen LogP contribution is 2.16. The van der Waals surface area contributed by atoms with Gasteiger partial charge in [-0.1, -0.05) is 0 Å². The minimum Gasteiger partial charge on any atom is -0.314 e. The van der Waals surface area contributed by atoms with Gasteiger partial charge in [-0.25, -0.2) is 0 Å². The smallest absolute Gasteiger partial charge is 0.00829 e. The number of rotatable bonds is 4. The van der Waals surface area contributed by atoms with Crippen LogP contribution in [0.25, 0.3) is 0 Å². The van der Waals surface area contributed by atoms with Gasteiger partial charge >= 0.3 is 0 Å². The van der Waals surface area contributed by atoms with Gasteiger partial charge in [0.05, 0.1) is 0 Å². The third-order valence-corrected chi connectivity index (χ3v) is 4.43. The van der Waals surface area contributed by atoms with Crippen LogP contribution in [0.15, 0.2) is 16.8 Å². The van der Waals surface area contributed by atoms with Gasteiger partial charge in [0.25, 0.3) is 0 Å². The third kappa shape index (κ3) is 3.30. The average Bonchev–Trinajstić information content (AvgIpc) is 2.72. The van der Waals surface area contributed by atoms with Crippen LogP contribution in [0.3, 0.4) is 0 Å². The molecule has 3 heteroatoms. The van der Waals surface area contributed by atoms with Gasteiger partial charge in [-0.05, 0) is 59.7 Å². The summed E-state index contributed by atoms with van der Waals surface area (Å²) in [6, 6.07) is 3.01. The molecule has 0 amide bonds. The fourth-order valence-corrected chi connectivity index (χ4v) is 3.57.